The van der Waals surface area contributed by atoms with Gasteiger partial charge in [-0.1, -0.05) is 18.2 Å². The van der Waals surface area contributed by atoms with E-state index in [4.69, 9.17) is 4.74 Å². The molecule has 0 bridgehead atoms. The van der Waals surface area contributed by atoms with Gasteiger partial charge in [0, 0.05) is 18.5 Å². The third-order valence-corrected chi connectivity index (χ3v) is 3.65. The van der Waals surface area contributed by atoms with E-state index >= 15 is 0 Å². The number of aromatic nitrogens is 2. The molecule has 2 amide bonds. The minimum atomic E-state index is -0.380. The molecule has 25 heavy (non-hydrogen) atoms. The highest BCUT2D eigenvalue weighted by atomic mass is 16.5. The van der Waals surface area contributed by atoms with Crippen molar-refractivity contribution in [3.63, 3.8) is 0 Å². The Morgan fingerprint density at radius 3 is 2.64 bits per heavy atom. The number of carbonyl (C=O) groups excluding carboxylic acids is 1. The zero-order valence-electron chi connectivity index (χ0n) is 13.7. The Morgan fingerprint density at radius 2 is 1.88 bits per heavy atom. The van der Waals surface area contributed by atoms with Crippen LogP contribution in [0.4, 0.5) is 16.2 Å². The minimum Gasteiger partial charge on any atom is -0.383 e. The first-order chi connectivity index (χ1) is 12.2. The van der Waals surface area contributed by atoms with E-state index in [1.807, 2.05) is 18.2 Å². The summed E-state index contributed by atoms with van der Waals surface area (Å²) in [6.45, 7) is 0.842. The van der Waals surface area contributed by atoms with Gasteiger partial charge in [-0.3, -0.25) is 9.36 Å². The molecule has 2 N–H and O–H groups in total. The topological polar surface area (TPSA) is 85.2 Å². The molecule has 2 aromatic carbocycles. The Bertz CT molecular complexity index is 938. The zero-order chi connectivity index (χ0) is 17.6. The van der Waals surface area contributed by atoms with E-state index < -0.39 is 0 Å². The maximum absolute atomic E-state index is 12.5. The van der Waals surface area contributed by atoms with E-state index in [1.165, 1.54) is 10.9 Å². The largest absolute Gasteiger partial charge is 0.383 e. The molecular formula is C18H18N4O3. The molecule has 1 heterocycles. The molecule has 128 valence electrons. The van der Waals surface area contributed by atoms with Gasteiger partial charge in [0.05, 0.1) is 30.4 Å². The van der Waals surface area contributed by atoms with Crippen LogP contribution in [0.2, 0.25) is 0 Å². The molecule has 0 saturated heterocycles. The summed E-state index contributed by atoms with van der Waals surface area (Å²) in [7, 11) is 1.58. The highest BCUT2D eigenvalue weighted by molar-refractivity contribution is 6.00. The average Bonchev–Trinajstić information content (AvgIpc) is 2.62. The van der Waals surface area contributed by atoms with Gasteiger partial charge in [-0.15, -0.1) is 0 Å². The quantitative estimate of drug-likeness (QED) is 0.749. The van der Waals surface area contributed by atoms with Gasteiger partial charge >= 0.3 is 6.03 Å². The number of urea groups is 1. The van der Waals surface area contributed by atoms with Crippen LogP contribution in [0.1, 0.15) is 0 Å². The third kappa shape index (κ3) is 4.02. The second kappa shape index (κ2) is 7.59. The molecule has 3 aromatic rings. The van der Waals surface area contributed by atoms with Crippen molar-refractivity contribution in [1.82, 2.24) is 9.55 Å². The molecule has 0 radical (unpaired) electrons. The van der Waals surface area contributed by atoms with Crippen molar-refractivity contribution in [3.05, 3.63) is 65.2 Å². The first-order valence-corrected chi connectivity index (χ1v) is 7.78. The van der Waals surface area contributed by atoms with Gasteiger partial charge in [0.2, 0.25) is 0 Å². The molecule has 0 aliphatic rings. The van der Waals surface area contributed by atoms with E-state index in [9.17, 15) is 9.59 Å². The summed E-state index contributed by atoms with van der Waals surface area (Å²) < 4.78 is 6.48. The van der Waals surface area contributed by atoms with Gasteiger partial charge in [-0.25, -0.2) is 9.78 Å². The van der Waals surface area contributed by atoms with Crippen LogP contribution < -0.4 is 16.2 Å². The Labute approximate surface area is 144 Å². The monoisotopic (exact) mass is 338 g/mol. The highest BCUT2D eigenvalue weighted by Crippen LogP contribution is 2.15. The number of fused-ring (bicyclic) bond motifs is 1. The summed E-state index contributed by atoms with van der Waals surface area (Å²) in [5.74, 6) is 0. The number of carbonyl (C=O) groups is 1. The van der Waals surface area contributed by atoms with E-state index in [2.05, 4.69) is 15.6 Å². The Morgan fingerprint density at radius 1 is 1.12 bits per heavy atom. The molecular weight excluding hydrogens is 320 g/mol. The predicted octanol–water partition coefficient (Wildman–Crippen LogP) is 2.69. The second-order valence-corrected chi connectivity index (χ2v) is 5.41. The number of nitrogens with zero attached hydrogens (tertiary/aromatic N) is 2. The van der Waals surface area contributed by atoms with E-state index in [1.54, 1.807) is 37.4 Å². The number of hydrogen-bond acceptors (Lipinski definition) is 4. The molecule has 0 atom stereocenters. The summed E-state index contributed by atoms with van der Waals surface area (Å²) in [5, 5.41) is 5.89. The van der Waals surface area contributed by atoms with Crippen LogP contribution in [0.25, 0.3) is 10.9 Å². The number of nitrogens with one attached hydrogen (secondary N) is 2. The van der Waals surface area contributed by atoms with Crippen LogP contribution in [0.3, 0.4) is 0 Å². The highest BCUT2D eigenvalue weighted by Gasteiger charge is 2.07. The molecule has 0 spiro atoms. The lowest BCUT2D eigenvalue weighted by atomic mass is 10.2. The van der Waals surface area contributed by atoms with Crippen molar-refractivity contribution in [1.29, 1.82) is 0 Å². The fraction of sp³-hybridized carbons (Fsp3) is 0.167. The van der Waals surface area contributed by atoms with E-state index in [0.717, 1.165) is 0 Å². The lowest BCUT2D eigenvalue weighted by molar-refractivity contribution is 0.186. The van der Waals surface area contributed by atoms with Gasteiger partial charge in [0.1, 0.15) is 0 Å². The van der Waals surface area contributed by atoms with Crippen LogP contribution in [0.15, 0.2) is 59.7 Å². The Balaban J connectivity index is 1.81. The normalized spacial score (nSPS) is 10.6. The summed E-state index contributed by atoms with van der Waals surface area (Å²) >= 11 is 0. The SMILES string of the molecule is COCCn1cnc2ccc(NC(=O)Nc3ccccc3)cc2c1=O. The van der Waals surface area contributed by atoms with Gasteiger partial charge in [-0.2, -0.15) is 0 Å². The summed E-state index contributed by atoms with van der Waals surface area (Å²) in [5.41, 5.74) is 1.61. The number of ether oxygens (including phenoxy) is 1. The second-order valence-electron chi connectivity index (χ2n) is 5.41. The van der Waals surface area contributed by atoms with Crippen molar-refractivity contribution < 1.29 is 9.53 Å². The van der Waals surface area contributed by atoms with Gasteiger partial charge in [0.15, 0.2) is 0 Å². The van der Waals surface area contributed by atoms with Crippen molar-refractivity contribution in [3.8, 4) is 0 Å². The van der Waals surface area contributed by atoms with Crippen LogP contribution in [-0.4, -0.2) is 29.3 Å². The zero-order valence-corrected chi connectivity index (χ0v) is 13.7. The van der Waals surface area contributed by atoms with Crippen molar-refractivity contribution in [2.75, 3.05) is 24.4 Å². The minimum absolute atomic E-state index is 0.172. The number of amides is 2. The Hall–Kier alpha value is -3.19. The maximum Gasteiger partial charge on any atom is 0.323 e. The lowest BCUT2D eigenvalue weighted by Crippen LogP contribution is -2.23. The number of para-hydroxylation sites is 1. The summed E-state index contributed by atoms with van der Waals surface area (Å²) in [6.07, 6.45) is 1.50. The molecule has 1 aromatic heterocycles. The summed E-state index contributed by atoms with van der Waals surface area (Å²) in [6, 6.07) is 13.8. The molecule has 0 fully saturated rings. The Kier molecular flexibility index (Phi) is 5.06. The molecule has 0 unspecified atom stereocenters. The molecule has 0 aliphatic heterocycles. The number of hydrogen-bond donors (Lipinski definition) is 2. The third-order valence-electron chi connectivity index (χ3n) is 3.65. The molecule has 0 aliphatic carbocycles. The fourth-order valence-corrected chi connectivity index (χ4v) is 2.40. The number of rotatable bonds is 5. The number of benzene rings is 2. The first kappa shape index (κ1) is 16.7. The molecule has 3 rings (SSSR count). The number of methoxy groups -OCH3 is 1. The molecule has 7 heteroatoms. The van der Waals surface area contributed by atoms with Crippen molar-refractivity contribution in [2.45, 2.75) is 6.54 Å². The standard InChI is InChI=1S/C18H18N4O3/c1-25-10-9-22-12-19-16-8-7-14(11-15(16)17(22)23)21-18(24)20-13-5-3-2-4-6-13/h2-8,11-12H,9-10H2,1H3,(H2,20,21,24). The first-order valence-electron chi connectivity index (χ1n) is 7.78. The maximum atomic E-state index is 12.5. The fourth-order valence-electron chi connectivity index (χ4n) is 2.40. The van der Waals surface area contributed by atoms with E-state index in [0.29, 0.717) is 35.4 Å². The predicted molar refractivity (Wildman–Crippen MR) is 97.0 cm³/mol. The van der Waals surface area contributed by atoms with Crippen molar-refractivity contribution >= 4 is 28.3 Å². The number of anilines is 2. The van der Waals surface area contributed by atoms with Gasteiger partial charge < -0.3 is 15.4 Å². The van der Waals surface area contributed by atoms with Crippen molar-refractivity contribution in [2.24, 2.45) is 0 Å². The average molecular weight is 338 g/mol. The van der Waals surface area contributed by atoms with Gasteiger partial charge in [-0.05, 0) is 30.3 Å². The lowest BCUT2D eigenvalue weighted by Gasteiger charge is -2.09. The van der Waals surface area contributed by atoms with E-state index in [-0.39, 0.29) is 11.6 Å². The van der Waals surface area contributed by atoms with Crippen LogP contribution in [0, 0.1) is 0 Å². The molecule has 7 nitrogen and oxygen atoms in total. The van der Waals surface area contributed by atoms with Crippen LogP contribution in [-0.2, 0) is 11.3 Å². The van der Waals surface area contributed by atoms with Crippen LogP contribution in [0.5, 0.6) is 0 Å². The summed E-state index contributed by atoms with van der Waals surface area (Å²) in [4.78, 5) is 28.8. The van der Waals surface area contributed by atoms with Crippen LogP contribution >= 0.6 is 0 Å². The smallest absolute Gasteiger partial charge is 0.323 e. The van der Waals surface area contributed by atoms with Gasteiger partial charge in [0.25, 0.3) is 5.56 Å². The molecule has 0 saturated carbocycles.